The largest absolute Gasteiger partial charge is 0.348 e. The zero-order valence-corrected chi connectivity index (χ0v) is 9.90. The highest BCUT2D eigenvalue weighted by Gasteiger charge is 2.25. The lowest BCUT2D eigenvalue weighted by molar-refractivity contribution is 0.00278. The smallest absolute Gasteiger partial charge is 0.138 e. The third-order valence-corrected chi connectivity index (χ3v) is 2.99. The topological polar surface area (TPSA) is 30.9 Å². The predicted molar refractivity (Wildman–Crippen MR) is 66.6 cm³/mol. The van der Waals surface area contributed by atoms with E-state index in [1.54, 1.807) is 6.20 Å². The molecule has 0 aromatic carbocycles. The van der Waals surface area contributed by atoms with E-state index in [9.17, 15) is 0 Å². The number of allylic oxidation sites excluding steroid dienone is 1. The molecule has 0 aliphatic carbocycles. The van der Waals surface area contributed by atoms with E-state index in [4.69, 9.17) is 0 Å². The van der Waals surface area contributed by atoms with Crippen molar-refractivity contribution in [2.24, 2.45) is 4.99 Å². The van der Waals surface area contributed by atoms with E-state index in [0.29, 0.717) is 0 Å². The molecule has 4 nitrogen and oxygen atoms in total. The highest BCUT2D eigenvalue weighted by atomic mass is 15.5. The first-order chi connectivity index (χ1) is 7.76. The molecule has 0 aromatic heterocycles. The molecule has 0 amide bonds. The van der Waals surface area contributed by atoms with Gasteiger partial charge in [-0.15, -0.1) is 0 Å². The SMILES string of the molecule is C=CNC1=NC=C/C1=C(/C)N1CN(CC)C1. The third-order valence-electron chi connectivity index (χ3n) is 2.99. The standard InChI is InChI=1S/C12H18N4/c1-4-13-12-11(6-7-14-12)10(3)16-8-15(5-2)9-16/h4,6-7H,1,5,8-9H2,2-3H3,(H,13,14)/b11-10+. The fourth-order valence-corrected chi connectivity index (χ4v) is 1.86. The van der Waals surface area contributed by atoms with Gasteiger partial charge in [-0.3, -0.25) is 4.90 Å². The normalized spacial score (nSPS) is 22.9. The highest BCUT2D eigenvalue weighted by Crippen LogP contribution is 2.21. The first-order valence-corrected chi connectivity index (χ1v) is 5.56. The molecular formula is C12H18N4. The van der Waals surface area contributed by atoms with Crippen LogP contribution in [0.25, 0.3) is 0 Å². The Labute approximate surface area is 96.6 Å². The van der Waals surface area contributed by atoms with Crippen molar-refractivity contribution in [3.63, 3.8) is 0 Å². The van der Waals surface area contributed by atoms with Gasteiger partial charge in [-0.25, -0.2) is 4.99 Å². The van der Waals surface area contributed by atoms with E-state index in [0.717, 1.165) is 31.3 Å². The van der Waals surface area contributed by atoms with E-state index in [1.165, 1.54) is 5.70 Å². The summed E-state index contributed by atoms with van der Waals surface area (Å²) in [5.74, 6) is 0.891. The summed E-state index contributed by atoms with van der Waals surface area (Å²) in [7, 11) is 0. The number of nitrogens with zero attached hydrogens (tertiary/aromatic N) is 3. The molecule has 2 aliphatic heterocycles. The molecule has 2 aliphatic rings. The summed E-state index contributed by atoms with van der Waals surface area (Å²) in [6, 6.07) is 0. The van der Waals surface area contributed by atoms with E-state index < -0.39 is 0 Å². The second-order valence-electron chi connectivity index (χ2n) is 3.95. The van der Waals surface area contributed by atoms with Gasteiger partial charge in [0.1, 0.15) is 5.84 Å². The maximum Gasteiger partial charge on any atom is 0.138 e. The van der Waals surface area contributed by atoms with E-state index in [-0.39, 0.29) is 0 Å². The van der Waals surface area contributed by atoms with Crippen LogP contribution in [-0.2, 0) is 0 Å². The van der Waals surface area contributed by atoms with Gasteiger partial charge in [0, 0.05) is 17.5 Å². The minimum atomic E-state index is 0.891. The van der Waals surface area contributed by atoms with Crippen molar-refractivity contribution in [3.8, 4) is 0 Å². The van der Waals surface area contributed by atoms with Gasteiger partial charge in [0.15, 0.2) is 0 Å². The fraction of sp³-hybridized carbons (Fsp3) is 0.417. The van der Waals surface area contributed by atoms with Crippen molar-refractivity contribution in [1.29, 1.82) is 0 Å². The summed E-state index contributed by atoms with van der Waals surface area (Å²) in [5.41, 5.74) is 2.43. The van der Waals surface area contributed by atoms with Crippen LogP contribution in [0.2, 0.25) is 0 Å². The Hall–Kier alpha value is -1.55. The maximum atomic E-state index is 4.26. The molecule has 0 aromatic rings. The minimum absolute atomic E-state index is 0.891. The lowest BCUT2D eigenvalue weighted by Gasteiger charge is -2.44. The van der Waals surface area contributed by atoms with Crippen LogP contribution in [0.3, 0.4) is 0 Å². The van der Waals surface area contributed by atoms with Gasteiger partial charge in [-0.1, -0.05) is 13.5 Å². The van der Waals surface area contributed by atoms with Crippen LogP contribution < -0.4 is 5.32 Å². The Balaban J connectivity index is 2.07. The molecule has 0 unspecified atom stereocenters. The van der Waals surface area contributed by atoms with Crippen molar-refractivity contribution < 1.29 is 0 Å². The number of amidine groups is 1. The van der Waals surface area contributed by atoms with Crippen LogP contribution >= 0.6 is 0 Å². The molecule has 0 bridgehead atoms. The van der Waals surface area contributed by atoms with Crippen molar-refractivity contribution in [1.82, 2.24) is 15.1 Å². The fourth-order valence-electron chi connectivity index (χ4n) is 1.86. The van der Waals surface area contributed by atoms with Gasteiger partial charge < -0.3 is 10.2 Å². The minimum Gasteiger partial charge on any atom is -0.348 e. The van der Waals surface area contributed by atoms with Crippen LogP contribution in [0.5, 0.6) is 0 Å². The van der Waals surface area contributed by atoms with Crippen molar-refractivity contribution in [3.05, 3.63) is 36.3 Å². The van der Waals surface area contributed by atoms with Gasteiger partial charge in [0.2, 0.25) is 0 Å². The lowest BCUT2D eigenvalue weighted by atomic mass is 10.2. The first-order valence-electron chi connectivity index (χ1n) is 5.56. The Morgan fingerprint density at radius 2 is 2.38 bits per heavy atom. The van der Waals surface area contributed by atoms with Crippen LogP contribution in [0, 0.1) is 0 Å². The molecule has 4 heteroatoms. The zero-order valence-electron chi connectivity index (χ0n) is 9.90. The summed E-state index contributed by atoms with van der Waals surface area (Å²) in [6.07, 6.45) is 5.52. The summed E-state index contributed by atoms with van der Waals surface area (Å²) in [5, 5.41) is 3.06. The molecule has 0 atom stereocenters. The summed E-state index contributed by atoms with van der Waals surface area (Å²) in [4.78, 5) is 8.98. The average molecular weight is 218 g/mol. The van der Waals surface area contributed by atoms with Gasteiger partial charge >= 0.3 is 0 Å². The lowest BCUT2D eigenvalue weighted by Crippen LogP contribution is -2.54. The Morgan fingerprint density at radius 1 is 1.62 bits per heavy atom. The highest BCUT2D eigenvalue weighted by molar-refractivity contribution is 6.04. The van der Waals surface area contributed by atoms with Gasteiger partial charge in [-0.05, 0) is 25.7 Å². The summed E-state index contributed by atoms with van der Waals surface area (Å²) >= 11 is 0. The quantitative estimate of drug-likeness (QED) is 0.778. The summed E-state index contributed by atoms with van der Waals surface area (Å²) in [6.45, 7) is 11.1. The number of aliphatic imine (C=N–C) groups is 1. The Morgan fingerprint density at radius 3 is 3.00 bits per heavy atom. The molecular weight excluding hydrogens is 200 g/mol. The van der Waals surface area contributed by atoms with Crippen LogP contribution in [0.15, 0.2) is 41.3 Å². The molecule has 0 spiro atoms. The first kappa shape index (κ1) is 11.0. The molecule has 2 rings (SSSR count). The van der Waals surface area contributed by atoms with Gasteiger partial charge in [0.05, 0.1) is 13.3 Å². The van der Waals surface area contributed by atoms with E-state index in [1.807, 2.05) is 12.3 Å². The molecule has 0 radical (unpaired) electrons. The average Bonchev–Trinajstić information content (AvgIpc) is 2.65. The zero-order chi connectivity index (χ0) is 11.5. The van der Waals surface area contributed by atoms with Gasteiger partial charge in [0.25, 0.3) is 0 Å². The summed E-state index contributed by atoms with van der Waals surface area (Å²) < 4.78 is 0. The number of hydrogen-bond acceptors (Lipinski definition) is 4. The Kier molecular flexibility index (Phi) is 3.10. The molecule has 1 fully saturated rings. The third kappa shape index (κ3) is 1.88. The van der Waals surface area contributed by atoms with Gasteiger partial charge in [-0.2, -0.15) is 0 Å². The molecule has 0 saturated carbocycles. The monoisotopic (exact) mass is 218 g/mol. The number of rotatable bonds is 3. The van der Waals surface area contributed by atoms with Crippen LogP contribution in [0.1, 0.15) is 13.8 Å². The second kappa shape index (κ2) is 4.53. The Bertz CT molecular complexity index is 372. The van der Waals surface area contributed by atoms with E-state index in [2.05, 4.69) is 40.5 Å². The number of nitrogens with one attached hydrogen (secondary N) is 1. The molecule has 16 heavy (non-hydrogen) atoms. The predicted octanol–water partition coefficient (Wildman–Crippen LogP) is 1.47. The number of hydrogen-bond donors (Lipinski definition) is 1. The van der Waals surface area contributed by atoms with Crippen molar-refractivity contribution >= 4 is 5.84 Å². The van der Waals surface area contributed by atoms with Crippen molar-refractivity contribution in [2.75, 3.05) is 19.9 Å². The van der Waals surface area contributed by atoms with Crippen LogP contribution in [-0.4, -0.2) is 35.5 Å². The molecule has 86 valence electrons. The maximum absolute atomic E-state index is 4.26. The molecule has 1 saturated heterocycles. The van der Waals surface area contributed by atoms with E-state index >= 15 is 0 Å². The van der Waals surface area contributed by atoms with Crippen molar-refractivity contribution in [2.45, 2.75) is 13.8 Å². The molecule has 2 heterocycles. The van der Waals surface area contributed by atoms with Crippen LogP contribution in [0.4, 0.5) is 0 Å². The molecule has 1 N–H and O–H groups in total. The second-order valence-corrected chi connectivity index (χ2v) is 3.95.